The number of rotatable bonds is 4. The van der Waals surface area contributed by atoms with Crippen LogP contribution < -0.4 is 5.73 Å². The van der Waals surface area contributed by atoms with E-state index in [-0.39, 0.29) is 12.8 Å². The Hall–Kier alpha value is -1.63. The molecule has 0 aliphatic rings. The molecular weight excluding hydrogens is 192 g/mol. The average Bonchev–Trinajstić information content (AvgIpc) is 2.11. The Labute approximate surface area is 80.1 Å². The van der Waals surface area contributed by atoms with Crippen LogP contribution >= 0.6 is 0 Å². The van der Waals surface area contributed by atoms with Crippen LogP contribution in [0.5, 0.6) is 0 Å². The summed E-state index contributed by atoms with van der Waals surface area (Å²) >= 11 is 0. The summed E-state index contributed by atoms with van der Waals surface area (Å²) in [4.78, 5) is 32.0. The van der Waals surface area contributed by atoms with Crippen molar-refractivity contribution < 1.29 is 24.6 Å². The van der Waals surface area contributed by atoms with Gasteiger partial charge in [0.2, 0.25) is 5.91 Å². The van der Waals surface area contributed by atoms with E-state index in [1.54, 1.807) is 0 Å². The number of carbonyl (C=O) groups is 3. The number of carbonyl (C=O) groups excluding carboxylic acids is 1. The monoisotopic (exact) mass is 204 g/mol. The minimum Gasteiger partial charge on any atom is -0.480 e. The second-order valence-electron chi connectivity index (χ2n) is 2.72. The molecule has 7 heteroatoms. The molecule has 0 aromatic carbocycles. The number of aliphatic carboxylic acids is 1. The van der Waals surface area contributed by atoms with Gasteiger partial charge in [0.15, 0.2) is 0 Å². The lowest BCUT2D eigenvalue weighted by molar-refractivity contribution is -0.138. The van der Waals surface area contributed by atoms with E-state index < -0.39 is 24.0 Å². The smallest absolute Gasteiger partial charge is 0.413 e. The summed E-state index contributed by atoms with van der Waals surface area (Å²) < 4.78 is 0. The highest BCUT2D eigenvalue weighted by Crippen LogP contribution is 1.99. The molecule has 2 amide bonds. The number of nitrogens with zero attached hydrogens (tertiary/aromatic N) is 1. The molecule has 1 atom stereocenters. The molecular formula is C7H12N2O5. The van der Waals surface area contributed by atoms with E-state index in [4.69, 9.17) is 15.9 Å². The van der Waals surface area contributed by atoms with Gasteiger partial charge in [0.05, 0.1) is 0 Å². The number of carboxylic acids is 1. The van der Waals surface area contributed by atoms with Crippen LogP contribution in [0.3, 0.4) is 0 Å². The van der Waals surface area contributed by atoms with Gasteiger partial charge in [0.25, 0.3) is 0 Å². The number of hydrogen-bond donors (Lipinski definition) is 3. The van der Waals surface area contributed by atoms with Crippen LogP contribution in [0.15, 0.2) is 0 Å². The molecule has 4 N–H and O–H groups in total. The molecule has 0 aromatic rings. The molecule has 0 unspecified atom stereocenters. The lowest BCUT2D eigenvalue weighted by Crippen LogP contribution is -2.35. The van der Waals surface area contributed by atoms with Gasteiger partial charge in [-0.1, -0.05) is 0 Å². The zero-order valence-electron chi connectivity index (χ0n) is 7.64. The Morgan fingerprint density at radius 2 is 1.86 bits per heavy atom. The average molecular weight is 204 g/mol. The predicted molar refractivity (Wildman–Crippen MR) is 45.6 cm³/mol. The molecule has 0 fully saturated rings. The second-order valence-corrected chi connectivity index (χ2v) is 2.72. The molecule has 0 aliphatic carbocycles. The molecule has 0 heterocycles. The third-order valence-electron chi connectivity index (χ3n) is 1.65. The largest absolute Gasteiger partial charge is 0.480 e. The molecule has 0 saturated carbocycles. The fraction of sp³-hybridized carbons (Fsp3) is 0.571. The van der Waals surface area contributed by atoms with Crippen molar-refractivity contribution in [2.24, 2.45) is 5.73 Å². The maximum atomic E-state index is 11.0. The van der Waals surface area contributed by atoms with E-state index >= 15 is 0 Å². The fourth-order valence-corrected chi connectivity index (χ4v) is 0.677. The van der Waals surface area contributed by atoms with Gasteiger partial charge >= 0.3 is 12.1 Å². The number of imide groups is 1. The molecule has 0 aliphatic heterocycles. The maximum absolute atomic E-state index is 11.0. The third kappa shape index (κ3) is 3.85. The summed E-state index contributed by atoms with van der Waals surface area (Å²) in [5.41, 5.74) is 5.12. The summed E-state index contributed by atoms with van der Waals surface area (Å²) in [5.74, 6) is -1.88. The van der Waals surface area contributed by atoms with E-state index in [0.717, 1.165) is 7.05 Å². The maximum Gasteiger partial charge on any atom is 0.413 e. The van der Waals surface area contributed by atoms with Gasteiger partial charge < -0.3 is 15.9 Å². The van der Waals surface area contributed by atoms with Crippen LogP contribution in [0.4, 0.5) is 4.79 Å². The fourth-order valence-electron chi connectivity index (χ4n) is 0.677. The molecule has 0 saturated heterocycles. The van der Waals surface area contributed by atoms with Gasteiger partial charge in [-0.3, -0.25) is 14.5 Å². The zero-order valence-corrected chi connectivity index (χ0v) is 7.64. The van der Waals surface area contributed by atoms with Crippen LogP contribution in [0.2, 0.25) is 0 Å². The van der Waals surface area contributed by atoms with Crippen molar-refractivity contribution in [3.63, 3.8) is 0 Å². The van der Waals surface area contributed by atoms with Crippen molar-refractivity contribution in [3.05, 3.63) is 0 Å². The minimum absolute atomic E-state index is 0.0776. The highest BCUT2D eigenvalue weighted by Gasteiger charge is 2.18. The first kappa shape index (κ1) is 12.4. The SMILES string of the molecule is CN(C(=O)O)C(=O)CC[C@H](N)C(=O)O. The number of nitrogens with two attached hydrogens (primary N) is 1. The van der Waals surface area contributed by atoms with Gasteiger partial charge in [-0.25, -0.2) is 4.79 Å². The van der Waals surface area contributed by atoms with Crippen molar-refractivity contribution in [2.45, 2.75) is 18.9 Å². The first-order valence-corrected chi connectivity index (χ1v) is 3.84. The molecule has 80 valence electrons. The van der Waals surface area contributed by atoms with Crippen LogP contribution in [-0.2, 0) is 9.59 Å². The van der Waals surface area contributed by atoms with Gasteiger partial charge in [-0.05, 0) is 6.42 Å². The summed E-state index contributed by atoms with van der Waals surface area (Å²) in [6, 6.07) is -1.14. The highest BCUT2D eigenvalue weighted by atomic mass is 16.4. The predicted octanol–water partition coefficient (Wildman–Crippen LogP) is -0.685. The molecule has 14 heavy (non-hydrogen) atoms. The van der Waals surface area contributed by atoms with Gasteiger partial charge in [-0.2, -0.15) is 0 Å². The first-order valence-electron chi connectivity index (χ1n) is 3.84. The summed E-state index contributed by atoms with van der Waals surface area (Å²) in [5, 5.41) is 16.8. The van der Waals surface area contributed by atoms with Gasteiger partial charge in [0.1, 0.15) is 6.04 Å². The van der Waals surface area contributed by atoms with Crippen LogP contribution in [-0.4, -0.2) is 46.2 Å². The Bertz CT molecular complexity index is 252. The number of hydrogen-bond acceptors (Lipinski definition) is 4. The summed E-state index contributed by atoms with van der Waals surface area (Å²) in [7, 11) is 1.09. The normalized spacial score (nSPS) is 11.9. The molecule has 0 rings (SSSR count). The minimum atomic E-state index is -1.38. The topological polar surface area (TPSA) is 121 Å². The van der Waals surface area contributed by atoms with E-state index in [9.17, 15) is 14.4 Å². The Morgan fingerprint density at radius 1 is 1.36 bits per heavy atom. The Morgan fingerprint density at radius 3 is 2.21 bits per heavy atom. The highest BCUT2D eigenvalue weighted by molar-refractivity contribution is 5.90. The van der Waals surface area contributed by atoms with Crippen molar-refractivity contribution in [2.75, 3.05) is 7.05 Å². The second kappa shape index (κ2) is 5.18. The third-order valence-corrected chi connectivity index (χ3v) is 1.65. The van der Waals surface area contributed by atoms with E-state index in [1.165, 1.54) is 0 Å². The van der Waals surface area contributed by atoms with Gasteiger partial charge in [-0.15, -0.1) is 0 Å². The molecule has 0 bridgehead atoms. The van der Waals surface area contributed by atoms with Crippen molar-refractivity contribution in [3.8, 4) is 0 Å². The Balaban J connectivity index is 3.97. The van der Waals surface area contributed by atoms with Crippen molar-refractivity contribution in [1.82, 2.24) is 4.90 Å². The molecule has 7 nitrogen and oxygen atoms in total. The Kier molecular flexibility index (Phi) is 4.57. The van der Waals surface area contributed by atoms with E-state index in [2.05, 4.69) is 0 Å². The quantitative estimate of drug-likeness (QED) is 0.557. The number of carboxylic acid groups (broad SMARTS) is 2. The van der Waals surface area contributed by atoms with Crippen LogP contribution in [0, 0.1) is 0 Å². The standard InChI is InChI=1S/C7H12N2O5/c1-9(7(13)14)5(10)3-2-4(8)6(11)12/h4H,2-3,8H2,1H3,(H,11,12)(H,13,14)/t4-/m0/s1. The van der Waals surface area contributed by atoms with Crippen LogP contribution in [0.25, 0.3) is 0 Å². The lowest BCUT2D eigenvalue weighted by Gasteiger charge is -2.11. The summed E-state index contributed by atoms with van der Waals surface area (Å²) in [6.07, 6.45) is -1.65. The molecule has 0 aromatic heterocycles. The van der Waals surface area contributed by atoms with E-state index in [1.807, 2.05) is 0 Å². The van der Waals surface area contributed by atoms with E-state index in [0.29, 0.717) is 4.90 Å². The zero-order chi connectivity index (χ0) is 11.3. The van der Waals surface area contributed by atoms with Crippen molar-refractivity contribution in [1.29, 1.82) is 0 Å². The molecule has 0 radical (unpaired) electrons. The number of amides is 2. The molecule has 0 spiro atoms. The summed E-state index contributed by atoms with van der Waals surface area (Å²) in [6.45, 7) is 0. The van der Waals surface area contributed by atoms with Crippen LogP contribution in [0.1, 0.15) is 12.8 Å². The first-order chi connectivity index (χ1) is 6.36. The lowest BCUT2D eigenvalue weighted by atomic mass is 10.1. The van der Waals surface area contributed by atoms with Crippen molar-refractivity contribution >= 4 is 18.0 Å². The van der Waals surface area contributed by atoms with Gasteiger partial charge in [0, 0.05) is 13.5 Å².